The molecule has 0 spiro atoms. The third kappa shape index (κ3) is 6.41. The fourth-order valence-corrected chi connectivity index (χ4v) is 8.62. The van der Waals surface area contributed by atoms with Crippen molar-refractivity contribution in [3.8, 4) is 78.3 Å². The van der Waals surface area contributed by atoms with E-state index in [1.54, 1.807) is 11.3 Å². The van der Waals surface area contributed by atoms with Crippen molar-refractivity contribution in [1.29, 1.82) is 0 Å². The number of aromatic nitrogens is 2. The van der Waals surface area contributed by atoms with Crippen molar-refractivity contribution in [2.45, 2.75) is 0 Å². The second-order valence-electron chi connectivity index (χ2n) is 13.8. The van der Waals surface area contributed by atoms with Gasteiger partial charge >= 0.3 is 0 Å². The zero-order chi connectivity index (χ0) is 36.6. The van der Waals surface area contributed by atoms with Crippen molar-refractivity contribution >= 4 is 31.6 Å². The van der Waals surface area contributed by atoms with Crippen molar-refractivity contribution in [1.82, 2.24) is 9.97 Å². The number of hydrogen-bond acceptors (Lipinski definition) is 3. The summed E-state index contributed by atoms with van der Waals surface area (Å²) in [6, 6.07) is 73.6. The molecule has 2 aromatic heterocycles. The summed E-state index contributed by atoms with van der Waals surface area (Å²) in [6.07, 6.45) is 0. The molecule has 0 radical (unpaired) electrons. The molecule has 0 amide bonds. The van der Waals surface area contributed by atoms with Crippen LogP contribution in [0.1, 0.15) is 0 Å². The fourth-order valence-electron chi connectivity index (χ4n) is 7.54. The second kappa shape index (κ2) is 14.1. The van der Waals surface area contributed by atoms with E-state index in [4.69, 9.17) is 9.97 Å². The lowest BCUT2D eigenvalue weighted by atomic mass is 9.91. The first-order valence-electron chi connectivity index (χ1n) is 18.6. The molecule has 0 atom stereocenters. The Bertz CT molecular complexity index is 2970. The van der Waals surface area contributed by atoms with Gasteiger partial charge in [0.25, 0.3) is 0 Å². The van der Waals surface area contributed by atoms with Gasteiger partial charge in [0.05, 0.1) is 5.69 Å². The van der Waals surface area contributed by atoms with E-state index in [1.165, 1.54) is 49.0 Å². The maximum absolute atomic E-state index is 5.26. The number of thiophene rings is 1. The van der Waals surface area contributed by atoms with Gasteiger partial charge < -0.3 is 0 Å². The molecule has 0 unspecified atom stereocenters. The third-order valence-electron chi connectivity index (χ3n) is 10.3. The van der Waals surface area contributed by atoms with E-state index in [1.807, 2.05) is 6.07 Å². The van der Waals surface area contributed by atoms with Crippen LogP contribution in [0.3, 0.4) is 0 Å². The Hall–Kier alpha value is -6.94. The van der Waals surface area contributed by atoms with Crippen LogP contribution in [0.15, 0.2) is 206 Å². The van der Waals surface area contributed by atoms with E-state index in [-0.39, 0.29) is 0 Å². The summed E-state index contributed by atoms with van der Waals surface area (Å²) in [4.78, 5) is 11.4. The first-order valence-corrected chi connectivity index (χ1v) is 19.4. The van der Waals surface area contributed by atoms with E-state index in [9.17, 15) is 0 Å². The molecule has 8 aromatic carbocycles. The van der Waals surface area contributed by atoms with Crippen molar-refractivity contribution in [2.75, 3.05) is 0 Å². The minimum atomic E-state index is 0.730. The Labute approximate surface area is 324 Å². The van der Waals surface area contributed by atoms with Crippen LogP contribution in [0.2, 0.25) is 0 Å². The highest BCUT2D eigenvalue weighted by Crippen LogP contribution is 2.40. The standard InChI is InChI=1S/C52H34N2S/c1-4-15-35(16-5-1)38-21-12-24-41(29-38)45-32-44(36-17-6-2-7-18-36)33-46(34-45)42-25-13-22-39(30-42)40-23-14-26-43(31-40)51-53-50(37-19-8-3-9-20-37)49-47-27-10-11-28-48(47)55-52(49)54-51/h1-34H. The van der Waals surface area contributed by atoms with Gasteiger partial charge in [-0.1, -0.05) is 164 Å². The Morgan fingerprint density at radius 2 is 0.673 bits per heavy atom. The van der Waals surface area contributed by atoms with Crippen molar-refractivity contribution < 1.29 is 0 Å². The molecule has 258 valence electrons. The smallest absolute Gasteiger partial charge is 0.161 e. The minimum Gasteiger partial charge on any atom is -0.227 e. The number of rotatable bonds is 7. The van der Waals surface area contributed by atoms with Crippen LogP contribution in [0.4, 0.5) is 0 Å². The Morgan fingerprint density at radius 3 is 1.25 bits per heavy atom. The number of hydrogen-bond donors (Lipinski definition) is 0. The summed E-state index contributed by atoms with van der Waals surface area (Å²) in [7, 11) is 0. The van der Waals surface area contributed by atoms with Gasteiger partial charge in [-0.2, -0.15) is 0 Å². The van der Waals surface area contributed by atoms with Crippen LogP contribution in [-0.4, -0.2) is 9.97 Å². The zero-order valence-corrected chi connectivity index (χ0v) is 30.7. The van der Waals surface area contributed by atoms with E-state index in [2.05, 4.69) is 200 Å². The highest BCUT2D eigenvalue weighted by molar-refractivity contribution is 7.25. The molecule has 0 saturated heterocycles. The Balaban J connectivity index is 1.07. The predicted molar refractivity (Wildman–Crippen MR) is 233 cm³/mol. The maximum Gasteiger partial charge on any atom is 0.161 e. The van der Waals surface area contributed by atoms with Crippen LogP contribution in [0, 0.1) is 0 Å². The molecule has 10 rings (SSSR count). The number of benzene rings is 8. The normalized spacial score (nSPS) is 11.3. The van der Waals surface area contributed by atoms with Crippen molar-refractivity contribution in [3.63, 3.8) is 0 Å². The molecule has 0 saturated carbocycles. The van der Waals surface area contributed by atoms with Crippen LogP contribution in [-0.2, 0) is 0 Å². The van der Waals surface area contributed by atoms with Gasteiger partial charge in [0, 0.05) is 26.6 Å². The first kappa shape index (κ1) is 32.7. The van der Waals surface area contributed by atoms with Crippen LogP contribution in [0.5, 0.6) is 0 Å². The average molecular weight is 719 g/mol. The molecule has 2 nitrogen and oxygen atoms in total. The largest absolute Gasteiger partial charge is 0.227 e. The number of nitrogens with zero attached hydrogens (tertiary/aromatic N) is 2. The lowest BCUT2D eigenvalue weighted by Crippen LogP contribution is -1.94. The van der Waals surface area contributed by atoms with Crippen LogP contribution < -0.4 is 0 Å². The van der Waals surface area contributed by atoms with Crippen LogP contribution >= 0.6 is 11.3 Å². The van der Waals surface area contributed by atoms with Gasteiger partial charge in [-0.05, 0) is 98.1 Å². The third-order valence-corrected chi connectivity index (χ3v) is 11.3. The first-order chi connectivity index (χ1) is 27.2. The molecule has 0 aliphatic heterocycles. The van der Waals surface area contributed by atoms with E-state index >= 15 is 0 Å². The van der Waals surface area contributed by atoms with Crippen LogP contribution in [0.25, 0.3) is 98.6 Å². The van der Waals surface area contributed by atoms with Gasteiger partial charge in [-0.25, -0.2) is 9.97 Å². The quantitative estimate of drug-likeness (QED) is 0.164. The summed E-state index contributed by atoms with van der Waals surface area (Å²) in [5, 5.41) is 2.31. The second-order valence-corrected chi connectivity index (χ2v) is 14.8. The predicted octanol–water partition coefficient (Wildman–Crippen LogP) is 14.5. The number of fused-ring (bicyclic) bond motifs is 3. The van der Waals surface area contributed by atoms with Gasteiger partial charge in [0.2, 0.25) is 0 Å². The zero-order valence-electron chi connectivity index (χ0n) is 29.9. The lowest BCUT2D eigenvalue weighted by Gasteiger charge is -2.13. The van der Waals surface area contributed by atoms with Gasteiger partial charge in [-0.3, -0.25) is 0 Å². The molecule has 0 fully saturated rings. The van der Waals surface area contributed by atoms with E-state index in [0.717, 1.165) is 49.6 Å². The summed E-state index contributed by atoms with van der Waals surface area (Å²) in [5.74, 6) is 0.730. The highest BCUT2D eigenvalue weighted by atomic mass is 32.1. The van der Waals surface area contributed by atoms with E-state index in [0.29, 0.717) is 0 Å². The van der Waals surface area contributed by atoms with E-state index < -0.39 is 0 Å². The molecule has 55 heavy (non-hydrogen) atoms. The highest BCUT2D eigenvalue weighted by Gasteiger charge is 2.17. The minimum absolute atomic E-state index is 0.730. The summed E-state index contributed by atoms with van der Waals surface area (Å²) >= 11 is 1.73. The van der Waals surface area contributed by atoms with Crippen molar-refractivity contribution in [2.24, 2.45) is 0 Å². The Morgan fingerprint density at radius 1 is 0.291 bits per heavy atom. The molecule has 0 aliphatic carbocycles. The lowest BCUT2D eigenvalue weighted by molar-refractivity contribution is 1.24. The molecule has 10 aromatic rings. The van der Waals surface area contributed by atoms with Crippen molar-refractivity contribution in [3.05, 3.63) is 206 Å². The molecule has 3 heteroatoms. The molecule has 0 N–H and O–H groups in total. The molecule has 2 heterocycles. The summed E-state index contributed by atoms with van der Waals surface area (Å²) in [6.45, 7) is 0. The SMILES string of the molecule is c1ccc(-c2cccc(-c3cc(-c4ccccc4)cc(-c4cccc(-c5cccc(-c6nc(-c7ccccc7)c7c(n6)sc6ccccc67)c5)c4)c3)c2)cc1. The molecule has 0 aliphatic rings. The average Bonchev–Trinajstić information content (AvgIpc) is 3.66. The van der Waals surface area contributed by atoms with Gasteiger partial charge in [0.1, 0.15) is 4.83 Å². The Kier molecular flexibility index (Phi) is 8.40. The van der Waals surface area contributed by atoms with Gasteiger partial charge in [0.15, 0.2) is 5.82 Å². The van der Waals surface area contributed by atoms with Gasteiger partial charge in [-0.15, -0.1) is 11.3 Å². The summed E-state index contributed by atoms with van der Waals surface area (Å²) < 4.78 is 1.22. The molecular weight excluding hydrogens is 685 g/mol. The summed E-state index contributed by atoms with van der Waals surface area (Å²) in [5.41, 5.74) is 14.8. The molecule has 0 bridgehead atoms. The monoisotopic (exact) mass is 718 g/mol. The topological polar surface area (TPSA) is 25.8 Å². The maximum atomic E-state index is 5.26. The fraction of sp³-hybridized carbons (Fsp3) is 0. The molecular formula is C52H34N2S.